The van der Waals surface area contributed by atoms with E-state index in [0.29, 0.717) is 46.9 Å². The highest BCUT2D eigenvalue weighted by Crippen LogP contribution is 2.35. The van der Waals surface area contributed by atoms with Crippen LogP contribution in [0, 0.1) is 0 Å². The Hall–Kier alpha value is -3.59. The number of rotatable bonds is 3. The molecule has 2 aliphatic rings. The molecule has 29 heavy (non-hydrogen) atoms. The number of nitrogens with one attached hydrogen (secondary N) is 3. The van der Waals surface area contributed by atoms with E-state index in [4.69, 9.17) is 5.73 Å². The molecule has 2 aliphatic heterocycles. The van der Waals surface area contributed by atoms with Crippen molar-refractivity contribution >= 4 is 40.9 Å². The number of carbonyl (C=O) groups is 3. The fourth-order valence-corrected chi connectivity index (χ4v) is 3.52. The van der Waals surface area contributed by atoms with Gasteiger partial charge >= 0.3 is 6.03 Å². The molecule has 4 amide bonds. The van der Waals surface area contributed by atoms with E-state index in [1.807, 2.05) is 11.9 Å². The third-order valence-corrected chi connectivity index (χ3v) is 5.11. The SMILES string of the molecule is CN1CCN(C(=O)c2c[nH]c(C=C3C(=O)Nc4ccc(NC(N)=O)cc43)c2)CC1. The number of hydrogen-bond acceptors (Lipinski definition) is 4. The molecule has 0 radical (unpaired) electrons. The van der Waals surface area contributed by atoms with Gasteiger partial charge in [0.05, 0.1) is 11.1 Å². The molecule has 3 heterocycles. The van der Waals surface area contributed by atoms with Gasteiger partial charge in [0.1, 0.15) is 0 Å². The minimum atomic E-state index is -0.677. The molecule has 0 unspecified atom stereocenters. The molecule has 0 aliphatic carbocycles. The van der Waals surface area contributed by atoms with Gasteiger partial charge in [-0.25, -0.2) is 4.79 Å². The zero-order valence-corrected chi connectivity index (χ0v) is 16.0. The summed E-state index contributed by atoms with van der Waals surface area (Å²) in [7, 11) is 2.04. The van der Waals surface area contributed by atoms with E-state index >= 15 is 0 Å². The maximum absolute atomic E-state index is 12.7. The lowest BCUT2D eigenvalue weighted by Crippen LogP contribution is -2.47. The molecule has 1 fully saturated rings. The summed E-state index contributed by atoms with van der Waals surface area (Å²) in [5.41, 5.74) is 8.61. The minimum absolute atomic E-state index is 0.0248. The first-order chi connectivity index (χ1) is 13.9. The van der Waals surface area contributed by atoms with Crippen LogP contribution in [0.25, 0.3) is 11.6 Å². The molecule has 2 aromatic rings. The van der Waals surface area contributed by atoms with Crippen LogP contribution in [-0.4, -0.2) is 65.9 Å². The Bertz CT molecular complexity index is 1020. The van der Waals surface area contributed by atoms with E-state index in [-0.39, 0.29) is 11.8 Å². The largest absolute Gasteiger partial charge is 0.361 e. The van der Waals surface area contributed by atoms with Crippen molar-refractivity contribution in [3.63, 3.8) is 0 Å². The van der Waals surface area contributed by atoms with Crippen molar-refractivity contribution in [2.75, 3.05) is 43.9 Å². The van der Waals surface area contributed by atoms with Crippen LogP contribution in [0.4, 0.5) is 16.2 Å². The summed E-state index contributed by atoms with van der Waals surface area (Å²) in [6, 6.07) is 6.11. The molecular formula is C20H22N6O3. The number of piperazine rings is 1. The van der Waals surface area contributed by atoms with Crippen molar-refractivity contribution in [2.45, 2.75) is 0 Å². The summed E-state index contributed by atoms with van der Waals surface area (Å²) in [5.74, 6) is -0.277. The predicted molar refractivity (Wildman–Crippen MR) is 110 cm³/mol. The van der Waals surface area contributed by atoms with Crippen molar-refractivity contribution in [1.82, 2.24) is 14.8 Å². The molecule has 0 bridgehead atoms. The Labute approximate surface area is 167 Å². The summed E-state index contributed by atoms with van der Waals surface area (Å²) in [5, 5.41) is 5.29. The van der Waals surface area contributed by atoms with Gasteiger partial charge in [0, 0.05) is 55.0 Å². The van der Waals surface area contributed by atoms with E-state index in [0.717, 1.165) is 13.1 Å². The van der Waals surface area contributed by atoms with Crippen LogP contribution in [-0.2, 0) is 4.79 Å². The summed E-state index contributed by atoms with van der Waals surface area (Å²) >= 11 is 0. The molecule has 9 nitrogen and oxygen atoms in total. The minimum Gasteiger partial charge on any atom is -0.361 e. The second kappa shape index (κ2) is 7.44. The van der Waals surface area contributed by atoms with Crippen molar-refractivity contribution < 1.29 is 14.4 Å². The Morgan fingerprint density at radius 2 is 1.93 bits per heavy atom. The smallest absolute Gasteiger partial charge is 0.316 e. The van der Waals surface area contributed by atoms with Crippen molar-refractivity contribution in [1.29, 1.82) is 0 Å². The van der Waals surface area contributed by atoms with Crippen molar-refractivity contribution in [3.8, 4) is 0 Å². The fraction of sp³-hybridized carbons (Fsp3) is 0.250. The quantitative estimate of drug-likeness (QED) is 0.587. The first-order valence-corrected chi connectivity index (χ1v) is 9.31. The van der Waals surface area contributed by atoms with E-state index in [9.17, 15) is 14.4 Å². The third kappa shape index (κ3) is 3.85. The highest BCUT2D eigenvalue weighted by molar-refractivity contribution is 6.35. The van der Waals surface area contributed by atoms with Crippen LogP contribution in [0.1, 0.15) is 21.6 Å². The molecule has 9 heteroatoms. The molecule has 1 aromatic carbocycles. The second-order valence-electron chi connectivity index (χ2n) is 7.20. The van der Waals surface area contributed by atoms with Gasteiger partial charge in [-0.1, -0.05) is 0 Å². The first-order valence-electron chi connectivity index (χ1n) is 9.31. The van der Waals surface area contributed by atoms with Crippen LogP contribution < -0.4 is 16.4 Å². The highest BCUT2D eigenvalue weighted by Gasteiger charge is 2.25. The lowest BCUT2D eigenvalue weighted by molar-refractivity contribution is -0.110. The van der Waals surface area contributed by atoms with Crippen molar-refractivity contribution in [3.05, 3.63) is 47.3 Å². The van der Waals surface area contributed by atoms with E-state index in [2.05, 4.69) is 20.5 Å². The Kier molecular flexibility index (Phi) is 4.81. The number of H-pyrrole nitrogens is 1. The van der Waals surface area contributed by atoms with Crippen LogP contribution >= 0.6 is 0 Å². The number of benzene rings is 1. The zero-order chi connectivity index (χ0) is 20.5. The van der Waals surface area contributed by atoms with Crippen molar-refractivity contribution in [2.24, 2.45) is 5.73 Å². The predicted octanol–water partition coefficient (Wildman–Crippen LogP) is 1.39. The van der Waals surface area contributed by atoms with E-state index in [1.54, 1.807) is 36.5 Å². The maximum Gasteiger partial charge on any atom is 0.316 e. The van der Waals surface area contributed by atoms with E-state index in [1.165, 1.54) is 0 Å². The highest BCUT2D eigenvalue weighted by atomic mass is 16.2. The summed E-state index contributed by atoms with van der Waals surface area (Å²) in [6.07, 6.45) is 3.35. The Morgan fingerprint density at radius 3 is 2.66 bits per heavy atom. The van der Waals surface area contributed by atoms with E-state index < -0.39 is 6.03 Å². The average molecular weight is 394 g/mol. The number of carbonyl (C=O) groups excluding carboxylic acids is 3. The summed E-state index contributed by atoms with van der Waals surface area (Å²) < 4.78 is 0. The number of hydrogen-bond donors (Lipinski definition) is 4. The van der Waals surface area contributed by atoms with Gasteiger partial charge in [-0.2, -0.15) is 0 Å². The average Bonchev–Trinajstić information content (AvgIpc) is 3.27. The zero-order valence-electron chi connectivity index (χ0n) is 16.0. The van der Waals surface area contributed by atoms with Gasteiger partial charge in [-0.05, 0) is 37.4 Å². The fourth-order valence-electron chi connectivity index (χ4n) is 3.52. The standard InChI is InChI=1S/C20H22N6O3/c1-25-4-6-26(7-5-25)19(28)12-8-14(22-11-12)10-16-15-9-13(23-20(21)29)2-3-17(15)24-18(16)27/h2-3,8-11,22H,4-7H2,1H3,(H,24,27)(H3,21,23,29). The van der Waals surface area contributed by atoms with Gasteiger partial charge in [0.2, 0.25) is 0 Å². The first kappa shape index (κ1) is 18.8. The number of aromatic amines is 1. The molecule has 150 valence electrons. The van der Waals surface area contributed by atoms with Gasteiger partial charge in [0.25, 0.3) is 11.8 Å². The number of nitrogens with zero attached hydrogens (tertiary/aromatic N) is 2. The number of amides is 4. The van der Waals surface area contributed by atoms with Gasteiger partial charge < -0.3 is 31.2 Å². The third-order valence-electron chi connectivity index (χ3n) is 5.11. The molecular weight excluding hydrogens is 372 g/mol. The number of urea groups is 1. The summed E-state index contributed by atoms with van der Waals surface area (Å²) in [4.78, 5) is 43.3. The Balaban J connectivity index is 1.57. The summed E-state index contributed by atoms with van der Waals surface area (Å²) in [6.45, 7) is 3.10. The molecule has 0 spiro atoms. The topological polar surface area (TPSA) is 124 Å². The number of aromatic nitrogens is 1. The molecule has 0 atom stereocenters. The lowest BCUT2D eigenvalue weighted by atomic mass is 10.0. The number of primary amides is 1. The van der Waals surface area contributed by atoms with Gasteiger partial charge in [-0.15, -0.1) is 0 Å². The van der Waals surface area contributed by atoms with Gasteiger partial charge in [-0.3, -0.25) is 9.59 Å². The number of anilines is 2. The van der Waals surface area contributed by atoms with Crippen LogP contribution in [0.5, 0.6) is 0 Å². The van der Waals surface area contributed by atoms with Crippen LogP contribution in [0.15, 0.2) is 30.5 Å². The molecule has 5 N–H and O–H groups in total. The number of likely N-dealkylation sites (N-methyl/N-ethyl adjacent to an activating group) is 1. The number of fused-ring (bicyclic) bond motifs is 1. The molecule has 4 rings (SSSR count). The molecule has 1 aromatic heterocycles. The maximum atomic E-state index is 12.7. The van der Waals surface area contributed by atoms with Gasteiger partial charge in [0.15, 0.2) is 0 Å². The second-order valence-corrected chi connectivity index (χ2v) is 7.20. The van der Waals surface area contributed by atoms with Crippen LogP contribution in [0.3, 0.4) is 0 Å². The lowest BCUT2D eigenvalue weighted by Gasteiger charge is -2.32. The number of nitrogens with two attached hydrogens (primary N) is 1. The normalized spacial score (nSPS) is 17.9. The monoisotopic (exact) mass is 394 g/mol. The molecule has 1 saturated heterocycles. The molecule has 0 saturated carbocycles. The van der Waals surface area contributed by atoms with Crippen LogP contribution in [0.2, 0.25) is 0 Å². The Morgan fingerprint density at radius 1 is 1.17 bits per heavy atom.